The third kappa shape index (κ3) is 1.78. The van der Waals surface area contributed by atoms with E-state index in [2.05, 4.69) is 19.9 Å². The molecule has 1 aromatic heterocycles. The summed E-state index contributed by atoms with van der Waals surface area (Å²) < 4.78 is 10.7. The predicted octanol–water partition coefficient (Wildman–Crippen LogP) is 3.63. The summed E-state index contributed by atoms with van der Waals surface area (Å²) in [6.07, 6.45) is 8.16. The fourth-order valence-corrected chi connectivity index (χ4v) is 3.33. The molecule has 3 heteroatoms. The van der Waals surface area contributed by atoms with Gasteiger partial charge in [-0.15, -0.1) is 0 Å². The number of fused-ring (bicyclic) bond motifs is 1. The summed E-state index contributed by atoms with van der Waals surface area (Å²) in [6.45, 7) is 4.32. The van der Waals surface area contributed by atoms with Crippen LogP contribution in [0, 0.1) is 11.3 Å². The van der Waals surface area contributed by atoms with Crippen molar-refractivity contribution in [3.63, 3.8) is 0 Å². The summed E-state index contributed by atoms with van der Waals surface area (Å²) in [5.74, 6) is -0.0388. The van der Waals surface area contributed by atoms with Crippen LogP contribution in [0.25, 0.3) is 0 Å². The quantitative estimate of drug-likeness (QED) is 0.561. The van der Waals surface area contributed by atoms with E-state index in [0.717, 1.165) is 24.8 Å². The third-order valence-corrected chi connectivity index (χ3v) is 4.28. The molecule has 0 radical (unpaired) electrons. The molecule has 0 aromatic carbocycles. The summed E-state index contributed by atoms with van der Waals surface area (Å²) in [7, 11) is 0. The summed E-state index contributed by atoms with van der Waals surface area (Å²) >= 11 is 0. The SMILES string of the molecule is CC1=C[C@]2(C)C[C@H](c3ccoc3)OC(=O)[C@@H]2CC1. The maximum absolute atomic E-state index is 12.2. The zero-order valence-corrected chi connectivity index (χ0v) is 10.8. The van der Waals surface area contributed by atoms with E-state index in [4.69, 9.17) is 9.15 Å². The van der Waals surface area contributed by atoms with Crippen molar-refractivity contribution in [1.29, 1.82) is 0 Å². The van der Waals surface area contributed by atoms with Crippen LogP contribution in [0.2, 0.25) is 0 Å². The lowest BCUT2D eigenvalue weighted by molar-refractivity contribution is -0.170. The molecule has 0 saturated carbocycles. The monoisotopic (exact) mass is 246 g/mol. The summed E-state index contributed by atoms with van der Waals surface area (Å²) in [5.41, 5.74) is 2.27. The topological polar surface area (TPSA) is 39.4 Å². The van der Waals surface area contributed by atoms with Gasteiger partial charge in [0.05, 0.1) is 18.4 Å². The second kappa shape index (κ2) is 4.01. The lowest BCUT2D eigenvalue weighted by Crippen LogP contribution is -2.42. The van der Waals surface area contributed by atoms with Crippen molar-refractivity contribution in [2.75, 3.05) is 0 Å². The fraction of sp³-hybridized carbons (Fsp3) is 0.533. The first-order chi connectivity index (χ1) is 8.58. The molecule has 0 bridgehead atoms. The molecule has 0 amide bonds. The largest absolute Gasteiger partial charge is 0.472 e. The molecule has 96 valence electrons. The zero-order valence-electron chi connectivity index (χ0n) is 10.8. The van der Waals surface area contributed by atoms with Gasteiger partial charge in [-0.3, -0.25) is 4.79 Å². The Hall–Kier alpha value is -1.51. The van der Waals surface area contributed by atoms with E-state index in [0.29, 0.717) is 0 Å². The van der Waals surface area contributed by atoms with Crippen molar-refractivity contribution in [2.24, 2.45) is 11.3 Å². The molecule has 0 N–H and O–H groups in total. The standard InChI is InChI=1S/C15H18O3/c1-10-3-4-12-14(16)18-13(8-15(12,2)7-10)11-5-6-17-9-11/h5-7,9,12-13H,3-4,8H2,1-2H3/t12-,13+,15+/m0/s1. The average Bonchev–Trinajstić information content (AvgIpc) is 2.80. The maximum Gasteiger partial charge on any atom is 0.310 e. The van der Waals surface area contributed by atoms with E-state index in [9.17, 15) is 4.79 Å². The molecule has 1 fully saturated rings. The van der Waals surface area contributed by atoms with Crippen LogP contribution < -0.4 is 0 Å². The number of rotatable bonds is 1. The Kier molecular flexibility index (Phi) is 2.58. The Morgan fingerprint density at radius 1 is 1.44 bits per heavy atom. The van der Waals surface area contributed by atoms with Crippen LogP contribution in [0.5, 0.6) is 0 Å². The number of allylic oxidation sites excluding steroid dienone is 2. The lowest BCUT2D eigenvalue weighted by Gasteiger charge is -2.44. The molecule has 2 aliphatic rings. The van der Waals surface area contributed by atoms with Gasteiger partial charge in [0.15, 0.2) is 0 Å². The highest BCUT2D eigenvalue weighted by Gasteiger charge is 2.47. The van der Waals surface area contributed by atoms with Gasteiger partial charge in [-0.25, -0.2) is 0 Å². The number of furan rings is 1. The Bertz CT molecular complexity index is 486. The van der Waals surface area contributed by atoms with Crippen LogP contribution in [0.1, 0.15) is 44.8 Å². The first-order valence-corrected chi connectivity index (χ1v) is 6.49. The van der Waals surface area contributed by atoms with Crippen molar-refractivity contribution in [1.82, 2.24) is 0 Å². The molecule has 0 spiro atoms. The van der Waals surface area contributed by atoms with Gasteiger partial charge in [-0.2, -0.15) is 0 Å². The normalized spacial score (nSPS) is 35.7. The van der Waals surface area contributed by atoms with Gasteiger partial charge in [0, 0.05) is 11.0 Å². The Morgan fingerprint density at radius 3 is 3.00 bits per heavy atom. The molecule has 2 heterocycles. The van der Waals surface area contributed by atoms with Crippen LogP contribution in [-0.2, 0) is 9.53 Å². The molecule has 1 saturated heterocycles. The summed E-state index contributed by atoms with van der Waals surface area (Å²) in [4.78, 5) is 12.2. The molecule has 18 heavy (non-hydrogen) atoms. The molecule has 1 aliphatic carbocycles. The van der Waals surface area contributed by atoms with Crippen LogP contribution in [0.4, 0.5) is 0 Å². The van der Waals surface area contributed by atoms with Crippen molar-refractivity contribution >= 4 is 5.97 Å². The number of carbonyl (C=O) groups is 1. The van der Waals surface area contributed by atoms with E-state index in [-0.39, 0.29) is 23.4 Å². The van der Waals surface area contributed by atoms with Crippen LogP contribution in [0.15, 0.2) is 34.7 Å². The zero-order chi connectivity index (χ0) is 12.8. The second-order valence-electron chi connectivity index (χ2n) is 5.77. The number of hydrogen-bond acceptors (Lipinski definition) is 3. The fourth-order valence-electron chi connectivity index (χ4n) is 3.33. The molecular weight excluding hydrogens is 228 g/mol. The van der Waals surface area contributed by atoms with Crippen molar-refractivity contribution in [3.05, 3.63) is 35.8 Å². The smallest absolute Gasteiger partial charge is 0.310 e. The van der Waals surface area contributed by atoms with Crippen molar-refractivity contribution < 1.29 is 13.9 Å². The van der Waals surface area contributed by atoms with Crippen LogP contribution >= 0.6 is 0 Å². The van der Waals surface area contributed by atoms with Crippen LogP contribution in [-0.4, -0.2) is 5.97 Å². The summed E-state index contributed by atoms with van der Waals surface area (Å²) in [6, 6.07) is 1.88. The van der Waals surface area contributed by atoms with Crippen molar-refractivity contribution in [3.8, 4) is 0 Å². The highest BCUT2D eigenvalue weighted by Crippen LogP contribution is 2.50. The van der Waals surface area contributed by atoms with Gasteiger partial charge in [0.2, 0.25) is 0 Å². The number of ether oxygens (including phenoxy) is 1. The minimum absolute atomic E-state index is 0.0179. The van der Waals surface area contributed by atoms with Gasteiger partial charge in [0.25, 0.3) is 0 Å². The third-order valence-electron chi connectivity index (χ3n) is 4.28. The van der Waals surface area contributed by atoms with E-state index >= 15 is 0 Å². The van der Waals surface area contributed by atoms with Crippen LogP contribution in [0.3, 0.4) is 0 Å². The molecular formula is C15H18O3. The van der Waals surface area contributed by atoms with E-state index in [1.54, 1.807) is 12.5 Å². The minimum Gasteiger partial charge on any atom is -0.472 e. The van der Waals surface area contributed by atoms with Gasteiger partial charge in [-0.05, 0) is 32.3 Å². The molecule has 3 rings (SSSR count). The molecule has 1 aliphatic heterocycles. The Balaban J connectivity index is 1.93. The maximum atomic E-state index is 12.2. The average molecular weight is 246 g/mol. The lowest BCUT2D eigenvalue weighted by atomic mass is 9.65. The number of esters is 1. The number of hydrogen-bond donors (Lipinski definition) is 0. The van der Waals surface area contributed by atoms with E-state index in [1.807, 2.05) is 6.07 Å². The van der Waals surface area contributed by atoms with E-state index < -0.39 is 0 Å². The Morgan fingerprint density at radius 2 is 2.28 bits per heavy atom. The summed E-state index contributed by atoms with van der Waals surface area (Å²) in [5, 5.41) is 0. The highest BCUT2D eigenvalue weighted by atomic mass is 16.5. The van der Waals surface area contributed by atoms with Gasteiger partial charge in [0.1, 0.15) is 6.10 Å². The highest BCUT2D eigenvalue weighted by molar-refractivity contribution is 5.75. The predicted molar refractivity (Wildman–Crippen MR) is 66.7 cm³/mol. The molecule has 3 atom stereocenters. The van der Waals surface area contributed by atoms with Gasteiger partial charge >= 0.3 is 5.97 Å². The first-order valence-electron chi connectivity index (χ1n) is 6.49. The minimum atomic E-state index is -0.167. The molecule has 1 aromatic rings. The first kappa shape index (κ1) is 11.6. The van der Waals surface area contributed by atoms with Gasteiger partial charge in [-0.1, -0.05) is 18.6 Å². The van der Waals surface area contributed by atoms with E-state index in [1.165, 1.54) is 5.57 Å². The van der Waals surface area contributed by atoms with Gasteiger partial charge < -0.3 is 9.15 Å². The molecule has 3 nitrogen and oxygen atoms in total. The number of carbonyl (C=O) groups excluding carboxylic acids is 1. The Labute approximate surface area is 107 Å². The van der Waals surface area contributed by atoms with Crippen molar-refractivity contribution in [2.45, 2.75) is 39.2 Å². The second-order valence-corrected chi connectivity index (χ2v) is 5.77. The number of cyclic esters (lactones) is 1. The molecule has 0 unspecified atom stereocenters.